The van der Waals surface area contributed by atoms with Crippen LogP contribution in [0.15, 0.2) is 65.6 Å². The number of nitrogens with zero attached hydrogens (tertiary/aromatic N) is 1. The molecule has 1 heterocycles. The van der Waals surface area contributed by atoms with Crippen molar-refractivity contribution in [2.75, 3.05) is 22.8 Å². The third kappa shape index (κ3) is 4.29. The highest BCUT2D eigenvalue weighted by Gasteiger charge is 2.30. The largest absolute Gasteiger partial charge is 0.483 e. The number of fused-ring (bicyclic) bond motifs is 1. The maximum Gasteiger partial charge on any atom is 0.264 e. The summed E-state index contributed by atoms with van der Waals surface area (Å²) in [6, 6.07) is 14.8. The minimum atomic E-state index is -3.74. The number of carbonyl (C=O) groups is 1. The van der Waals surface area contributed by atoms with Crippen molar-refractivity contribution in [2.45, 2.75) is 18.2 Å². The first kappa shape index (κ1) is 21.8. The van der Waals surface area contributed by atoms with Gasteiger partial charge < -0.3 is 10.1 Å². The minimum absolute atomic E-state index is 0.0987. The van der Waals surface area contributed by atoms with Crippen LogP contribution in [-0.4, -0.2) is 27.5 Å². The second kappa shape index (κ2) is 8.58. The standard InChI is InChI=1S/C23H20F2N2O4S/c1-15-12-18(32(29,30)27-11-10-16-4-2-3-5-21(16)27)7-9-22(15)31-14-23(28)26-17-6-8-19(24)20(25)13-17/h2-9,12-13H,10-11,14H2,1H3,(H,26,28). The van der Waals surface area contributed by atoms with E-state index in [1.807, 2.05) is 12.1 Å². The number of hydrogen-bond acceptors (Lipinski definition) is 4. The van der Waals surface area contributed by atoms with Crippen molar-refractivity contribution in [1.82, 2.24) is 0 Å². The van der Waals surface area contributed by atoms with Crippen molar-refractivity contribution < 1.29 is 26.7 Å². The summed E-state index contributed by atoms with van der Waals surface area (Å²) in [6.07, 6.45) is 0.655. The molecule has 0 spiro atoms. The van der Waals surface area contributed by atoms with Crippen molar-refractivity contribution >= 4 is 27.3 Å². The predicted octanol–water partition coefficient (Wildman–Crippen LogP) is 4.04. The average molecular weight is 458 g/mol. The van der Waals surface area contributed by atoms with E-state index in [4.69, 9.17) is 4.74 Å². The number of benzene rings is 3. The Hall–Kier alpha value is -3.46. The fourth-order valence-corrected chi connectivity index (χ4v) is 5.13. The normalized spacial score (nSPS) is 13.0. The van der Waals surface area contributed by atoms with Crippen LogP contribution in [0.1, 0.15) is 11.1 Å². The summed E-state index contributed by atoms with van der Waals surface area (Å²) in [5, 5.41) is 2.41. The van der Waals surface area contributed by atoms with Gasteiger partial charge in [-0.05, 0) is 60.9 Å². The Morgan fingerprint density at radius 2 is 1.84 bits per heavy atom. The SMILES string of the molecule is Cc1cc(S(=O)(=O)N2CCc3ccccc32)ccc1OCC(=O)Nc1ccc(F)c(F)c1. The molecule has 9 heteroatoms. The van der Waals surface area contributed by atoms with Crippen LogP contribution in [0.3, 0.4) is 0 Å². The van der Waals surface area contributed by atoms with Gasteiger partial charge in [-0.15, -0.1) is 0 Å². The highest BCUT2D eigenvalue weighted by Crippen LogP contribution is 2.33. The van der Waals surface area contributed by atoms with E-state index >= 15 is 0 Å². The molecule has 166 valence electrons. The van der Waals surface area contributed by atoms with Crippen molar-refractivity contribution in [3.8, 4) is 5.75 Å². The van der Waals surface area contributed by atoms with Gasteiger partial charge in [0.05, 0.1) is 10.6 Å². The Morgan fingerprint density at radius 3 is 2.59 bits per heavy atom. The highest BCUT2D eigenvalue weighted by atomic mass is 32.2. The molecule has 0 unspecified atom stereocenters. The lowest BCUT2D eigenvalue weighted by Crippen LogP contribution is -2.29. The number of rotatable bonds is 6. The number of para-hydroxylation sites is 1. The van der Waals surface area contributed by atoms with Gasteiger partial charge in [0.1, 0.15) is 5.75 Å². The van der Waals surface area contributed by atoms with Gasteiger partial charge in [-0.2, -0.15) is 0 Å². The van der Waals surface area contributed by atoms with Crippen LogP contribution >= 0.6 is 0 Å². The first-order valence-corrected chi connectivity index (χ1v) is 11.3. The first-order valence-electron chi connectivity index (χ1n) is 9.85. The van der Waals surface area contributed by atoms with E-state index in [1.165, 1.54) is 28.6 Å². The Labute approximate surface area is 184 Å². The fraction of sp³-hybridized carbons (Fsp3) is 0.174. The number of aryl methyl sites for hydroxylation is 1. The molecule has 32 heavy (non-hydrogen) atoms. The lowest BCUT2D eigenvalue weighted by molar-refractivity contribution is -0.118. The van der Waals surface area contributed by atoms with Crippen LogP contribution in [0.4, 0.5) is 20.2 Å². The van der Waals surface area contributed by atoms with Crippen LogP contribution in [0, 0.1) is 18.6 Å². The van der Waals surface area contributed by atoms with Crippen molar-refractivity contribution in [3.63, 3.8) is 0 Å². The maximum absolute atomic E-state index is 13.3. The Kier molecular flexibility index (Phi) is 5.84. The van der Waals surface area contributed by atoms with E-state index in [9.17, 15) is 22.0 Å². The lowest BCUT2D eigenvalue weighted by Gasteiger charge is -2.20. The number of sulfonamides is 1. The number of amides is 1. The molecule has 1 aliphatic rings. The Bertz CT molecular complexity index is 1290. The van der Waals surface area contributed by atoms with Gasteiger partial charge in [0.2, 0.25) is 0 Å². The van der Waals surface area contributed by atoms with Gasteiger partial charge >= 0.3 is 0 Å². The van der Waals surface area contributed by atoms with E-state index in [2.05, 4.69) is 5.32 Å². The summed E-state index contributed by atoms with van der Waals surface area (Å²) in [5.74, 6) is -2.31. The summed E-state index contributed by atoms with van der Waals surface area (Å²) >= 11 is 0. The first-order chi connectivity index (χ1) is 15.3. The molecular formula is C23H20F2N2O4S. The van der Waals surface area contributed by atoms with E-state index in [1.54, 1.807) is 19.1 Å². The summed E-state index contributed by atoms with van der Waals surface area (Å²) in [4.78, 5) is 12.2. The summed E-state index contributed by atoms with van der Waals surface area (Å²) in [6.45, 7) is 1.67. The van der Waals surface area contributed by atoms with E-state index in [0.29, 0.717) is 30.0 Å². The zero-order chi connectivity index (χ0) is 22.9. The Balaban J connectivity index is 1.44. The van der Waals surface area contributed by atoms with Crippen LogP contribution in [0.2, 0.25) is 0 Å². The molecule has 4 rings (SSSR count). The van der Waals surface area contributed by atoms with Gasteiger partial charge in [0.15, 0.2) is 18.2 Å². The summed E-state index contributed by atoms with van der Waals surface area (Å²) in [7, 11) is -3.74. The number of nitrogens with one attached hydrogen (secondary N) is 1. The van der Waals surface area contributed by atoms with E-state index in [0.717, 1.165) is 17.7 Å². The molecular weight excluding hydrogens is 438 g/mol. The molecule has 3 aromatic carbocycles. The van der Waals surface area contributed by atoms with Crippen LogP contribution in [-0.2, 0) is 21.2 Å². The molecule has 0 saturated heterocycles. The quantitative estimate of drug-likeness (QED) is 0.605. The lowest BCUT2D eigenvalue weighted by atomic mass is 10.2. The molecule has 1 N–H and O–H groups in total. The van der Waals surface area contributed by atoms with E-state index in [-0.39, 0.29) is 17.2 Å². The fourth-order valence-electron chi connectivity index (χ4n) is 3.54. The predicted molar refractivity (Wildman–Crippen MR) is 116 cm³/mol. The highest BCUT2D eigenvalue weighted by molar-refractivity contribution is 7.92. The van der Waals surface area contributed by atoms with Crippen LogP contribution in [0.25, 0.3) is 0 Å². The number of ether oxygens (including phenoxy) is 1. The van der Waals surface area contributed by atoms with Crippen LogP contribution < -0.4 is 14.4 Å². The van der Waals surface area contributed by atoms with Crippen molar-refractivity contribution in [1.29, 1.82) is 0 Å². The third-order valence-electron chi connectivity index (χ3n) is 5.14. The summed E-state index contributed by atoms with van der Waals surface area (Å²) in [5.41, 5.74) is 2.31. The zero-order valence-electron chi connectivity index (χ0n) is 17.1. The number of hydrogen-bond donors (Lipinski definition) is 1. The molecule has 0 aliphatic carbocycles. The van der Waals surface area contributed by atoms with Gasteiger partial charge in [0, 0.05) is 18.3 Å². The van der Waals surface area contributed by atoms with Gasteiger partial charge in [-0.1, -0.05) is 18.2 Å². The van der Waals surface area contributed by atoms with E-state index < -0.39 is 27.6 Å². The average Bonchev–Trinajstić information content (AvgIpc) is 3.20. The molecule has 0 radical (unpaired) electrons. The van der Waals surface area contributed by atoms with Gasteiger partial charge in [-0.3, -0.25) is 9.10 Å². The Morgan fingerprint density at radius 1 is 1.06 bits per heavy atom. The zero-order valence-corrected chi connectivity index (χ0v) is 18.0. The molecule has 3 aromatic rings. The summed E-state index contributed by atoms with van der Waals surface area (Å²) < 4.78 is 59.4. The monoisotopic (exact) mass is 458 g/mol. The molecule has 0 atom stereocenters. The van der Waals surface area contributed by atoms with Gasteiger partial charge in [0.25, 0.3) is 15.9 Å². The molecule has 0 saturated carbocycles. The number of halogens is 2. The number of anilines is 2. The minimum Gasteiger partial charge on any atom is -0.483 e. The maximum atomic E-state index is 13.3. The second-order valence-corrected chi connectivity index (χ2v) is 9.21. The second-order valence-electron chi connectivity index (χ2n) is 7.35. The van der Waals surface area contributed by atoms with Crippen molar-refractivity contribution in [3.05, 3.63) is 83.4 Å². The topological polar surface area (TPSA) is 75.7 Å². The molecule has 1 amide bonds. The van der Waals surface area contributed by atoms with Crippen LogP contribution in [0.5, 0.6) is 5.75 Å². The molecule has 0 fully saturated rings. The third-order valence-corrected chi connectivity index (χ3v) is 6.95. The molecule has 6 nitrogen and oxygen atoms in total. The van der Waals surface area contributed by atoms with Gasteiger partial charge in [-0.25, -0.2) is 17.2 Å². The molecule has 1 aliphatic heterocycles. The smallest absolute Gasteiger partial charge is 0.264 e. The van der Waals surface area contributed by atoms with Crippen molar-refractivity contribution in [2.24, 2.45) is 0 Å². The number of carbonyl (C=O) groups excluding carboxylic acids is 1. The molecule has 0 bridgehead atoms. The molecule has 0 aromatic heterocycles.